The molecule has 20 heavy (non-hydrogen) atoms. The van der Waals surface area contributed by atoms with Crippen LogP contribution in [0.4, 0.5) is 5.69 Å². The Hall–Kier alpha value is -2.77. The molecule has 0 unspecified atom stereocenters. The first kappa shape index (κ1) is 13.7. The summed E-state index contributed by atoms with van der Waals surface area (Å²) in [5, 5.41) is 0. The molecule has 0 bridgehead atoms. The Morgan fingerprint density at radius 2 is 1.40 bits per heavy atom. The van der Waals surface area contributed by atoms with Gasteiger partial charge in [0.2, 0.25) is 0 Å². The van der Waals surface area contributed by atoms with Gasteiger partial charge in [0.15, 0.2) is 11.5 Å². The molecule has 2 rings (SSSR count). The molecule has 0 radical (unpaired) electrons. The van der Waals surface area contributed by atoms with E-state index in [2.05, 4.69) is 15.0 Å². The zero-order chi connectivity index (χ0) is 14.5. The quantitative estimate of drug-likeness (QED) is 0.816. The van der Waals surface area contributed by atoms with Gasteiger partial charge in [-0.05, 0) is 12.1 Å². The van der Waals surface area contributed by atoms with Gasteiger partial charge >= 0.3 is 18.0 Å². The van der Waals surface area contributed by atoms with E-state index in [0.717, 1.165) is 0 Å². The Morgan fingerprint density at radius 3 is 1.95 bits per heavy atom. The highest BCUT2D eigenvalue weighted by Crippen LogP contribution is 2.32. The molecule has 2 N–H and O–H groups in total. The summed E-state index contributed by atoms with van der Waals surface area (Å²) in [4.78, 5) is 11.8. The van der Waals surface area contributed by atoms with Crippen molar-refractivity contribution in [2.24, 2.45) is 0 Å². The van der Waals surface area contributed by atoms with Crippen molar-refractivity contribution in [1.82, 2.24) is 15.0 Å². The summed E-state index contributed by atoms with van der Waals surface area (Å²) in [7, 11) is 4.38. The van der Waals surface area contributed by atoms with Crippen molar-refractivity contribution in [2.45, 2.75) is 0 Å². The van der Waals surface area contributed by atoms with E-state index < -0.39 is 0 Å². The van der Waals surface area contributed by atoms with E-state index in [1.54, 1.807) is 18.2 Å². The first-order valence-corrected chi connectivity index (χ1v) is 5.61. The largest absolute Gasteiger partial charge is 0.493 e. The molecular weight excluding hydrogens is 264 g/mol. The van der Waals surface area contributed by atoms with Gasteiger partial charge in [0.05, 0.1) is 21.3 Å². The lowest BCUT2D eigenvalue weighted by atomic mass is 10.3. The third kappa shape index (κ3) is 2.97. The second-order valence-corrected chi connectivity index (χ2v) is 3.60. The third-order valence-corrected chi connectivity index (χ3v) is 2.33. The maximum absolute atomic E-state index is 5.67. The van der Waals surface area contributed by atoms with E-state index in [1.165, 1.54) is 21.3 Å². The van der Waals surface area contributed by atoms with E-state index >= 15 is 0 Å². The van der Waals surface area contributed by atoms with Crippen LogP contribution in [0.1, 0.15) is 0 Å². The van der Waals surface area contributed by atoms with Gasteiger partial charge in [-0.2, -0.15) is 0 Å². The van der Waals surface area contributed by atoms with Crippen molar-refractivity contribution in [3.63, 3.8) is 0 Å². The number of aromatic nitrogens is 3. The minimum Gasteiger partial charge on any atom is -0.493 e. The lowest BCUT2D eigenvalue weighted by Crippen LogP contribution is -2.02. The van der Waals surface area contributed by atoms with E-state index in [1.807, 2.05) is 0 Å². The fraction of sp³-hybridized carbons (Fsp3) is 0.250. The smallest absolute Gasteiger partial charge is 0.331 e. The molecule has 8 nitrogen and oxygen atoms in total. The van der Waals surface area contributed by atoms with Crippen LogP contribution >= 0.6 is 0 Å². The number of hydrogen-bond acceptors (Lipinski definition) is 8. The molecule has 0 atom stereocenters. The number of rotatable bonds is 5. The SMILES string of the molecule is COc1nc(OC)nc(Oc2ccc(N)cc2OC)n1. The van der Waals surface area contributed by atoms with Crippen molar-refractivity contribution in [2.75, 3.05) is 27.1 Å². The molecule has 1 aromatic carbocycles. The molecule has 0 saturated carbocycles. The molecule has 0 aliphatic carbocycles. The van der Waals surface area contributed by atoms with Crippen LogP contribution in [0.2, 0.25) is 0 Å². The van der Waals surface area contributed by atoms with Crippen LogP contribution in [-0.4, -0.2) is 36.3 Å². The molecule has 0 fully saturated rings. The fourth-order valence-electron chi connectivity index (χ4n) is 1.42. The molecule has 0 spiro atoms. The van der Waals surface area contributed by atoms with E-state index in [-0.39, 0.29) is 18.0 Å². The summed E-state index contributed by atoms with van der Waals surface area (Å²) in [6.45, 7) is 0. The average molecular weight is 278 g/mol. The Kier molecular flexibility index (Phi) is 4.04. The van der Waals surface area contributed by atoms with E-state index in [4.69, 9.17) is 24.7 Å². The van der Waals surface area contributed by atoms with Crippen LogP contribution in [0.5, 0.6) is 29.5 Å². The first-order chi connectivity index (χ1) is 9.66. The van der Waals surface area contributed by atoms with Gasteiger partial charge in [0, 0.05) is 11.8 Å². The molecule has 8 heteroatoms. The van der Waals surface area contributed by atoms with Crippen molar-refractivity contribution in [1.29, 1.82) is 0 Å². The molecule has 0 saturated heterocycles. The number of anilines is 1. The molecule has 0 aliphatic heterocycles. The van der Waals surface area contributed by atoms with Gasteiger partial charge in [0.1, 0.15) is 0 Å². The minimum atomic E-state index is 0.0248. The maximum atomic E-state index is 5.67. The van der Waals surface area contributed by atoms with Gasteiger partial charge < -0.3 is 24.7 Å². The van der Waals surface area contributed by atoms with Gasteiger partial charge in [-0.15, -0.1) is 15.0 Å². The number of nitrogens with zero attached hydrogens (tertiary/aromatic N) is 3. The van der Waals surface area contributed by atoms with Crippen LogP contribution in [0.15, 0.2) is 18.2 Å². The minimum absolute atomic E-state index is 0.0248. The molecule has 1 aromatic heterocycles. The Morgan fingerprint density at radius 1 is 0.800 bits per heavy atom. The number of benzene rings is 1. The number of methoxy groups -OCH3 is 3. The lowest BCUT2D eigenvalue weighted by Gasteiger charge is -2.10. The van der Waals surface area contributed by atoms with Crippen LogP contribution < -0.4 is 24.7 Å². The highest BCUT2D eigenvalue weighted by atomic mass is 16.5. The average Bonchev–Trinajstić information content (AvgIpc) is 2.48. The summed E-state index contributed by atoms with van der Waals surface area (Å²) in [5.41, 5.74) is 6.23. The normalized spacial score (nSPS) is 9.95. The second kappa shape index (κ2) is 5.91. The predicted octanol–water partition coefficient (Wildman–Crippen LogP) is 1.27. The van der Waals surface area contributed by atoms with E-state index in [0.29, 0.717) is 17.2 Å². The Labute approximate surface area is 115 Å². The van der Waals surface area contributed by atoms with Crippen LogP contribution in [0.25, 0.3) is 0 Å². The predicted molar refractivity (Wildman–Crippen MR) is 70.4 cm³/mol. The molecule has 0 amide bonds. The molecule has 1 heterocycles. The molecule has 2 aromatic rings. The van der Waals surface area contributed by atoms with Crippen LogP contribution in [0.3, 0.4) is 0 Å². The first-order valence-electron chi connectivity index (χ1n) is 5.61. The standard InChI is InChI=1S/C12H14N4O4/c1-17-9-6-7(13)4-5-8(9)20-12-15-10(18-2)14-11(16-12)19-3/h4-6H,13H2,1-3H3. The van der Waals surface area contributed by atoms with Crippen molar-refractivity contribution in [3.8, 4) is 29.5 Å². The zero-order valence-electron chi connectivity index (χ0n) is 11.3. The zero-order valence-corrected chi connectivity index (χ0v) is 11.3. The van der Waals surface area contributed by atoms with Crippen LogP contribution in [-0.2, 0) is 0 Å². The Balaban J connectivity index is 2.34. The lowest BCUT2D eigenvalue weighted by molar-refractivity contribution is 0.314. The molecular formula is C12H14N4O4. The number of nitrogens with two attached hydrogens (primary N) is 1. The fourth-order valence-corrected chi connectivity index (χ4v) is 1.42. The molecule has 106 valence electrons. The van der Waals surface area contributed by atoms with Crippen molar-refractivity contribution < 1.29 is 18.9 Å². The second-order valence-electron chi connectivity index (χ2n) is 3.60. The van der Waals surface area contributed by atoms with Crippen LogP contribution in [0, 0.1) is 0 Å². The molecule has 0 aliphatic rings. The summed E-state index contributed by atoms with van der Waals surface area (Å²) >= 11 is 0. The number of ether oxygens (including phenoxy) is 4. The Bertz CT molecular complexity index is 584. The maximum Gasteiger partial charge on any atom is 0.331 e. The van der Waals surface area contributed by atoms with Gasteiger partial charge in [-0.1, -0.05) is 0 Å². The van der Waals surface area contributed by atoms with Crippen molar-refractivity contribution in [3.05, 3.63) is 18.2 Å². The van der Waals surface area contributed by atoms with Gasteiger partial charge in [-0.25, -0.2) is 0 Å². The van der Waals surface area contributed by atoms with Gasteiger partial charge in [-0.3, -0.25) is 0 Å². The third-order valence-electron chi connectivity index (χ3n) is 2.33. The summed E-state index contributed by atoms with van der Waals surface area (Å²) in [5.74, 6) is 0.875. The summed E-state index contributed by atoms with van der Waals surface area (Å²) < 4.78 is 20.6. The van der Waals surface area contributed by atoms with E-state index in [9.17, 15) is 0 Å². The van der Waals surface area contributed by atoms with Gasteiger partial charge in [0.25, 0.3) is 0 Å². The summed E-state index contributed by atoms with van der Waals surface area (Å²) in [6, 6.07) is 5.15. The highest BCUT2D eigenvalue weighted by Gasteiger charge is 2.12. The van der Waals surface area contributed by atoms with Crippen molar-refractivity contribution >= 4 is 5.69 Å². The number of hydrogen-bond donors (Lipinski definition) is 1. The highest BCUT2D eigenvalue weighted by molar-refractivity contribution is 5.52. The monoisotopic (exact) mass is 278 g/mol. The topological polar surface area (TPSA) is 102 Å². The number of nitrogen functional groups attached to an aromatic ring is 1. The summed E-state index contributed by atoms with van der Waals surface area (Å²) in [6.07, 6.45) is 0.